The molecule has 1 saturated heterocycles. The van der Waals surface area contributed by atoms with Crippen LogP contribution in [0.5, 0.6) is 11.5 Å². The normalized spacial score (nSPS) is 16.8. The van der Waals surface area contributed by atoms with E-state index in [1.54, 1.807) is 13.2 Å². The van der Waals surface area contributed by atoms with E-state index in [1.807, 2.05) is 30.1 Å². The minimum Gasteiger partial charge on any atom is -0.497 e. The van der Waals surface area contributed by atoms with Crippen molar-refractivity contribution in [2.75, 3.05) is 32.0 Å². The molecule has 0 unspecified atom stereocenters. The highest BCUT2D eigenvalue weighted by Gasteiger charge is 2.36. The number of ether oxygens (including phenoxy) is 2. The maximum absolute atomic E-state index is 13.6. The fourth-order valence-electron chi connectivity index (χ4n) is 3.60. The maximum Gasteiger partial charge on any atom is 0.419 e. The Labute approximate surface area is 224 Å². The number of benzene rings is 2. The predicted octanol–water partition coefficient (Wildman–Crippen LogP) is 6.57. The summed E-state index contributed by atoms with van der Waals surface area (Å²) < 4.78 is 81.4. The molecule has 13 heteroatoms. The lowest BCUT2D eigenvalue weighted by molar-refractivity contribution is -0.139. The quantitative estimate of drug-likeness (QED) is 0.306. The van der Waals surface area contributed by atoms with E-state index in [0.717, 1.165) is 34.4 Å². The second kappa shape index (κ2) is 10.8. The van der Waals surface area contributed by atoms with Gasteiger partial charge >= 0.3 is 6.18 Å². The molecule has 1 aliphatic rings. The zero-order valence-electron chi connectivity index (χ0n) is 19.1. The largest absolute Gasteiger partial charge is 0.497 e. The summed E-state index contributed by atoms with van der Waals surface area (Å²) in [5, 5.41) is 0. The maximum atomic E-state index is 13.6. The molecule has 0 bridgehead atoms. The highest BCUT2D eigenvalue weighted by atomic mass is 79.9. The average Bonchev–Trinajstić information content (AvgIpc) is 3.38. The van der Waals surface area contributed by atoms with Crippen LogP contribution in [0.4, 0.5) is 18.9 Å². The van der Waals surface area contributed by atoms with Crippen molar-refractivity contribution in [3.63, 3.8) is 0 Å². The van der Waals surface area contributed by atoms with Gasteiger partial charge in [0.15, 0.2) is 0 Å². The minimum atomic E-state index is -4.64. The SMILES string of the molecule is COc1cccc(Sc2sc(S(=O)(=O)Nc3ccc(C(F)(F)F)c(O[C@@H]4CCN(C)C4)c3)cc2Br)c1. The molecule has 0 radical (unpaired) electrons. The molecule has 0 saturated carbocycles. The number of thiophene rings is 1. The number of hydrogen-bond donors (Lipinski definition) is 1. The molecule has 2 aromatic carbocycles. The van der Waals surface area contributed by atoms with Gasteiger partial charge in [-0.05, 0) is 65.8 Å². The summed E-state index contributed by atoms with van der Waals surface area (Å²) in [6.07, 6.45) is -4.46. The zero-order valence-corrected chi connectivity index (χ0v) is 23.2. The lowest BCUT2D eigenvalue weighted by atomic mass is 10.1. The van der Waals surface area contributed by atoms with Gasteiger partial charge in [0.2, 0.25) is 0 Å². The summed E-state index contributed by atoms with van der Waals surface area (Å²) in [7, 11) is -0.645. The topological polar surface area (TPSA) is 67.9 Å². The molecule has 4 rings (SSSR count). The van der Waals surface area contributed by atoms with E-state index >= 15 is 0 Å². The third kappa shape index (κ3) is 6.49. The summed E-state index contributed by atoms with van der Waals surface area (Å²) in [6.45, 7) is 1.20. The molecular formula is C23H22BrF3N2O4S3. The number of methoxy groups -OCH3 is 1. The number of nitrogens with one attached hydrogen (secondary N) is 1. The number of rotatable bonds is 8. The van der Waals surface area contributed by atoms with Gasteiger partial charge in [-0.25, -0.2) is 8.42 Å². The van der Waals surface area contributed by atoms with Crippen LogP contribution < -0.4 is 14.2 Å². The van der Waals surface area contributed by atoms with Crippen LogP contribution in [0.2, 0.25) is 0 Å². The number of halogens is 4. The number of likely N-dealkylation sites (N-methyl/N-ethyl adjacent to an activating group) is 1. The van der Waals surface area contributed by atoms with Crippen LogP contribution in [0, 0.1) is 0 Å². The lowest BCUT2D eigenvalue weighted by Crippen LogP contribution is -2.23. The van der Waals surface area contributed by atoms with E-state index in [0.29, 0.717) is 33.9 Å². The molecule has 0 spiro atoms. The molecule has 1 aliphatic heterocycles. The highest BCUT2D eigenvalue weighted by molar-refractivity contribution is 9.10. The number of nitrogens with zero attached hydrogens (tertiary/aromatic N) is 1. The first-order chi connectivity index (χ1) is 16.9. The van der Waals surface area contributed by atoms with E-state index in [9.17, 15) is 21.6 Å². The Morgan fingerprint density at radius 2 is 1.97 bits per heavy atom. The van der Waals surface area contributed by atoms with Gasteiger partial charge in [-0.15, -0.1) is 11.3 Å². The summed E-state index contributed by atoms with van der Waals surface area (Å²) >= 11 is 5.80. The van der Waals surface area contributed by atoms with Crippen LogP contribution in [-0.4, -0.2) is 46.7 Å². The van der Waals surface area contributed by atoms with Crippen LogP contribution in [0.3, 0.4) is 0 Å². The first-order valence-corrected chi connectivity index (χ1v) is 14.6. The predicted molar refractivity (Wildman–Crippen MR) is 138 cm³/mol. The number of hydrogen-bond acceptors (Lipinski definition) is 7. The molecule has 0 amide bonds. The Morgan fingerprint density at radius 3 is 2.64 bits per heavy atom. The molecule has 36 heavy (non-hydrogen) atoms. The van der Waals surface area contributed by atoms with Gasteiger partial charge in [-0.3, -0.25) is 4.72 Å². The van der Waals surface area contributed by atoms with E-state index < -0.39 is 33.6 Å². The van der Waals surface area contributed by atoms with Crippen molar-refractivity contribution in [1.29, 1.82) is 0 Å². The van der Waals surface area contributed by atoms with Crippen molar-refractivity contribution in [3.05, 3.63) is 58.6 Å². The summed E-state index contributed by atoms with van der Waals surface area (Å²) in [4.78, 5) is 2.82. The van der Waals surface area contributed by atoms with E-state index in [-0.39, 0.29) is 9.90 Å². The van der Waals surface area contributed by atoms with Gasteiger partial charge in [0.05, 0.1) is 22.6 Å². The van der Waals surface area contributed by atoms with Gasteiger partial charge in [0.25, 0.3) is 10.0 Å². The Bertz CT molecular complexity index is 1350. The third-order valence-electron chi connectivity index (χ3n) is 5.33. The van der Waals surface area contributed by atoms with Crippen molar-refractivity contribution in [2.24, 2.45) is 0 Å². The van der Waals surface area contributed by atoms with Crippen molar-refractivity contribution < 1.29 is 31.1 Å². The summed E-state index contributed by atoms with van der Waals surface area (Å²) in [5.41, 5.74) is -0.966. The first-order valence-electron chi connectivity index (χ1n) is 10.6. The summed E-state index contributed by atoms with van der Waals surface area (Å²) in [6, 6.07) is 11.8. The van der Waals surface area contributed by atoms with E-state index in [4.69, 9.17) is 9.47 Å². The molecule has 6 nitrogen and oxygen atoms in total. The van der Waals surface area contributed by atoms with Crippen molar-refractivity contribution >= 4 is 54.7 Å². The van der Waals surface area contributed by atoms with Crippen LogP contribution >= 0.6 is 39.0 Å². The Morgan fingerprint density at radius 1 is 1.19 bits per heavy atom. The molecule has 194 valence electrons. The van der Waals surface area contributed by atoms with Crippen LogP contribution in [0.15, 0.2) is 66.3 Å². The fourth-order valence-corrected chi connectivity index (χ4v) is 8.33. The lowest BCUT2D eigenvalue weighted by Gasteiger charge is -2.19. The van der Waals surface area contributed by atoms with Gasteiger partial charge in [0, 0.05) is 28.5 Å². The molecule has 1 atom stereocenters. The molecule has 1 N–H and O–H groups in total. The standard InChI is InChI=1S/C23H22BrF3N2O4S3/c1-29-9-8-16(13-29)33-20-10-14(6-7-18(20)23(25,26)27)28-36(30,31)21-12-19(24)22(35-21)34-17-5-3-4-15(11-17)32-2/h3-7,10-12,16,28H,8-9,13H2,1-2H3/t16-/m1/s1. The van der Waals surface area contributed by atoms with E-state index in [1.165, 1.54) is 17.8 Å². The number of anilines is 1. The minimum absolute atomic E-state index is 0.0135. The molecule has 1 aromatic heterocycles. The number of likely N-dealkylation sites (tertiary alicyclic amines) is 1. The number of alkyl halides is 3. The van der Waals surface area contributed by atoms with Crippen LogP contribution in [0.1, 0.15) is 12.0 Å². The van der Waals surface area contributed by atoms with Crippen molar-refractivity contribution in [2.45, 2.75) is 32.0 Å². The summed E-state index contributed by atoms with van der Waals surface area (Å²) in [5.74, 6) is 0.274. The zero-order chi connectivity index (χ0) is 26.1. The van der Waals surface area contributed by atoms with Crippen LogP contribution in [-0.2, 0) is 16.2 Å². The Hall–Kier alpha value is -1.93. The third-order valence-corrected chi connectivity index (χ3v) is 10.7. The molecular weight excluding hydrogens is 601 g/mol. The monoisotopic (exact) mass is 622 g/mol. The van der Waals surface area contributed by atoms with Crippen LogP contribution in [0.25, 0.3) is 0 Å². The molecule has 3 aromatic rings. The second-order valence-electron chi connectivity index (χ2n) is 8.09. The van der Waals surface area contributed by atoms with Gasteiger partial charge in [0.1, 0.15) is 21.8 Å². The Kier molecular flexibility index (Phi) is 8.15. The Balaban J connectivity index is 1.57. The van der Waals surface area contributed by atoms with Crippen molar-refractivity contribution in [1.82, 2.24) is 4.90 Å². The van der Waals surface area contributed by atoms with E-state index in [2.05, 4.69) is 20.7 Å². The molecule has 1 fully saturated rings. The van der Waals surface area contributed by atoms with Gasteiger partial charge in [-0.1, -0.05) is 17.8 Å². The van der Waals surface area contributed by atoms with Gasteiger partial charge < -0.3 is 14.4 Å². The van der Waals surface area contributed by atoms with Gasteiger partial charge in [-0.2, -0.15) is 13.2 Å². The average molecular weight is 624 g/mol. The number of sulfonamides is 1. The van der Waals surface area contributed by atoms with Crippen molar-refractivity contribution in [3.8, 4) is 11.5 Å². The first kappa shape index (κ1) is 27.1. The highest BCUT2D eigenvalue weighted by Crippen LogP contribution is 2.43. The molecule has 0 aliphatic carbocycles. The smallest absolute Gasteiger partial charge is 0.419 e. The fraction of sp³-hybridized carbons (Fsp3) is 0.304. The molecule has 2 heterocycles. The second-order valence-corrected chi connectivity index (χ2v) is 13.2.